The second-order valence-electron chi connectivity index (χ2n) is 7.62. The molecule has 2 aromatic rings. The van der Waals surface area contributed by atoms with E-state index in [-0.39, 0.29) is 48.6 Å². The average Bonchev–Trinajstić information content (AvgIpc) is 3.43. The number of aromatic carboxylic acids is 1. The van der Waals surface area contributed by atoms with E-state index in [2.05, 4.69) is 31.4 Å². The number of Topliss-reactive ketones (excluding diaryl/α,β-unsaturated/α-hetero) is 1. The Morgan fingerprint density at radius 2 is 2.19 bits per heavy atom. The van der Waals surface area contributed by atoms with E-state index < -0.39 is 24.8 Å². The molecule has 0 aliphatic carbocycles. The van der Waals surface area contributed by atoms with Crippen LogP contribution in [0.3, 0.4) is 0 Å². The van der Waals surface area contributed by atoms with Crippen molar-refractivity contribution in [3.63, 3.8) is 0 Å². The van der Waals surface area contributed by atoms with Gasteiger partial charge in [-0.25, -0.2) is 4.79 Å². The Morgan fingerprint density at radius 1 is 1.34 bits per heavy atom. The third-order valence-electron chi connectivity index (χ3n) is 5.29. The summed E-state index contributed by atoms with van der Waals surface area (Å²) in [6.45, 7) is 1.21. The molecule has 0 spiro atoms. The number of benzene rings is 1. The van der Waals surface area contributed by atoms with Crippen molar-refractivity contribution in [1.29, 1.82) is 0 Å². The maximum absolute atomic E-state index is 12.4. The van der Waals surface area contributed by atoms with Crippen molar-refractivity contribution < 1.29 is 29.2 Å². The number of aromatic nitrogens is 4. The van der Waals surface area contributed by atoms with E-state index in [0.717, 1.165) is 17.8 Å². The van der Waals surface area contributed by atoms with Crippen LogP contribution in [0.5, 0.6) is 5.75 Å². The summed E-state index contributed by atoms with van der Waals surface area (Å²) in [5.74, 6) is -2.58. The number of amides is 1. The number of ketones is 1. The van der Waals surface area contributed by atoms with Gasteiger partial charge in [-0.2, -0.15) is 4.80 Å². The zero-order chi connectivity index (χ0) is 22.7. The smallest absolute Gasteiger partial charge is 0.534 e. The fraction of sp³-hybridized carbons (Fsp3) is 0.444. The third-order valence-corrected chi connectivity index (χ3v) is 5.29. The van der Waals surface area contributed by atoms with Gasteiger partial charge in [0.25, 0.3) is 0 Å². The molecule has 1 saturated heterocycles. The number of rotatable bonds is 8. The van der Waals surface area contributed by atoms with Crippen LogP contribution >= 0.6 is 0 Å². The summed E-state index contributed by atoms with van der Waals surface area (Å²) in [4.78, 5) is 36.8. The Morgan fingerprint density at radius 3 is 2.94 bits per heavy atom. The molecule has 14 heteroatoms. The molecule has 168 valence electrons. The standard InChI is InChI=1S/C18H22BN7O6/c27-13(17-23-25-26(24-17)9-15(28)22-11-4-5-20-7-11)8-21-14-6-10-2-1-3-12(18(29)30)16(10)32-19(14)31/h1-3,11,14,20-21,31H,4-9H2,(H,22,28)(H,29,30). The molecule has 1 aromatic carbocycles. The number of carbonyl (C=O) groups excluding carboxylic acids is 2. The van der Waals surface area contributed by atoms with Crippen molar-refractivity contribution in [1.82, 2.24) is 36.2 Å². The number of carbonyl (C=O) groups is 3. The first-order valence-electron chi connectivity index (χ1n) is 10.1. The number of nitrogens with one attached hydrogen (secondary N) is 3. The van der Waals surface area contributed by atoms with Gasteiger partial charge in [-0.15, -0.1) is 10.2 Å². The van der Waals surface area contributed by atoms with Crippen LogP contribution in [0, 0.1) is 0 Å². The molecule has 2 aliphatic rings. The van der Waals surface area contributed by atoms with E-state index in [1.807, 2.05) is 0 Å². The number of carboxylic acids is 1. The highest BCUT2D eigenvalue weighted by atomic mass is 16.5. The summed E-state index contributed by atoms with van der Waals surface area (Å²) in [5, 5.41) is 39.7. The number of hydrogen-bond acceptors (Lipinski definition) is 10. The quantitative estimate of drug-likeness (QED) is 0.218. The van der Waals surface area contributed by atoms with Crippen molar-refractivity contribution in [2.45, 2.75) is 31.4 Å². The molecule has 1 fully saturated rings. The predicted octanol–water partition coefficient (Wildman–Crippen LogP) is -2.35. The van der Waals surface area contributed by atoms with E-state index in [1.54, 1.807) is 12.1 Å². The first-order valence-corrected chi connectivity index (χ1v) is 10.1. The topological polar surface area (TPSA) is 181 Å². The largest absolute Gasteiger partial charge is 0.541 e. The molecule has 2 aliphatic heterocycles. The van der Waals surface area contributed by atoms with Gasteiger partial charge in [0.05, 0.1) is 18.0 Å². The third kappa shape index (κ3) is 4.93. The molecule has 4 rings (SSSR count). The minimum Gasteiger partial charge on any atom is -0.534 e. The van der Waals surface area contributed by atoms with Gasteiger partial charge in [-0.05, 0) is 36.2 Å². The zero-order valence-corrected chi connectivity index (χ0v) is 17.0. The lowest BCUT2D eigenvalue weighted by Crippen LogP contribution is -2.52. The van der Waals surface area contributed by atoms with Crippen LogP contribution in [-0.4, -0.2) is 86.7 Å². The van der Waals surface area contributed by atoms with Gasteiger partial charge in [0, 0.05) is 12.6 Å². The normalized spacial score (nSPS) is 19.8. The molecule has 1 amide bonds. The Kier molecular flexibility index (Phi) is 6.44. The van der Waals surface area contributed by atoms with E-state index in [1.165, 1.54) is 6.07 Å². The van der Waals surface area contributed by atoms with Crippen LogP contribution in [0.1, 0.15) is 33.0 Å². The number of para-hydroxylation sites is 1. The summed E-state index contributed by atoms with van der Waals surface area (Å²) in [7, 11) is -1.34. The highest BCUT2D eigenvalue weighted by Gasteiger charge is 2.37. The monoisotopic (exact) mass is 443 g/mol. The maximum Gasteiger partial charge on any atom is 0.541 e. The highest BCUT2D eigenvalue weighted by molar-refractivity contribution is 6.46. The second-order valence-corrected chi connectivity index (χ2v) is 7.62. The van der Waals surface area contributed by atoms with E-state index in [9.17, 15) is 24.5 Å². The number of fused-ring (bicyclic) bond motifs is 1. The lowest BCUT2D eigenvalue weighted by molar-refractivity contribution is -0.122. The van der Waals surface area contributed by atoms with Crippen molar-refractivity contribution in [3.8, 4) is 5.75 Å². The van der Waals surface area contributed by atoms with Crippen LogP contribution in [0.2, 0.25) is 0 Å². The first kappa shape index (κ1) is 21.9. The number of hydrogen-bond donors (Lipinski definition) is 5. The van der Waals surface area contributed by atoms with Crippen LogP contribution in [0.25, 0.3) is 0 Å². The zero-order valence-electron chi connectivity index (χ0n) is 17.0. The molecule has 0 saturated carbocycles. The molecule has 1 aromatic heterocycles. The lowest BCUT2D eigenvalue weighted by Gasteiger charge is -2.28. The van der Waals surface area contributed by atoms with Crippen LogP contribution < -0.4 is 20.6 Å². The van der Waals surface area contributed by atoms with E-state index >= 15 is 0 Å². The van der Waals surface area contributed by atoms with Crippen LogP contribution in [-0.2, 0) is 17.8 Å². The Labute approximate surface area is 182 Å². The van der Waals surface area contributed by atoms with Crippen molar-refractivity contribution >= 4 is 24.8 Å². The van der Waals surface area contributed by atoms with Gasteiger partial charge < -0.3 is 30.7 Å². The molecule has 2 unspecified atom stereocenters. The molecule has 5 N–H and O–H groups in total. The highest BCUT2D eigenvalue weighted by Crippen LogP contribution is 2.30. The van der Waals surface area contributed by atoms with Gasteiger partial charge in [0.2, 0.25) is 17.5 Å². The summed E-state index contributed by atoms with van der Waals surface area (Å²) in [5.41, 5.74) is 0.567. The average molecular weight is 443 g/mol. The molecular weight excluding hydrogens is 421 g/mol. The second kappa shape index (κ2) is 9.42. The maximum atomic E-state index is 12.4. The van der Waals surface area contributed by atoms with Gasteiger partial charge in [0.1, 0.15) is 12.3 Å². The molecule has 13 nitrogen and oxygen atoms in total. The Bertz CT molecular complexity index is 1020. The lowest BCUT2D eigenvalue weighted by atomic mass is 9.72. The van der Waals surface area contributed by atoms with Crippen LogP contribution in [0.4, 0.5) is 0 Å². The van der Waals surface area contributed by atoms with E-state index in [0.29, 0.717) is 12.1 Å². The number of tetrazole rings is 1. The van der Waals surface area contributed by atoms with Gasteiger partial charge in [0.15, 0.2) is 0 Å². The Balaban J connectivity index is 1.31. The van der Waals surface area contributed by atoms with Crippen LogP contribution in [0.15, 0.2) is 18.2 Å². The number of carboxylic acid groups (broad SMARTS) is 1. The first-order chi connectivity index (χ1) is 15.4. The minimum atomic E-state index is -1.34. The molecular formula is C18H22BN7O6. The molecule has 3 heterocycles. The van der Waals surface area contributed by atoms with Gasteiger partial charge in [-0.1, -0.05) is 12.1 Å². The molecule has 2 atom stereocenters. The summed E-state index contributed by atoms with van der Waals surface area (Å²) in [6.07, 6.45) is 1.12. The fourth-order valence-electron chi connectivity index (χ4n) is 3.67. The van der Waals surface area contributed by atoms with Gasteiger partial charge in [-0.3, -0.25) is 9.59 Å². The fourth-order valence-corrected chi connectivity index (χ4v) is 3.67. The summed E-state index contributed by atoms with van der Waals surface area (Å²) < 4.78 is 5.38. The molecule has 0 bridgehead atoms. The van der Waals surface area contributed by atoms with Crippen molar-refractivity contribution in [2.24, 2.45) is 0 Å². The van der Waals surface area contributed by atoms with Crippen molar-refractivity contribution in [2.75, 3.05) is 19.6 Å². The predicted molar refractivity (Wildman–Crippen MR) is 109 cm³/mol. The van der Waals surface area contributed by atoms with Gasteiger partial charge >= 0.3 is 13.1 Å². The van der Waals surface area contributed by atoms with Crippen molar-refractivity contribution in [3.05, 3.63) is 35.2 Å². The molecule has 32 heavy (non-hydrogen) atoms. The van der Waals surface area contributed by atoms with E-state index in [4.69, 9.17) is 4.65 Å². The molecule has 0 radical (unpaired) electrons. The summed E-state index contributed by atoms with van der Waals surface area (Å²) in [6, 6.07) is 4.75. The summed E-state index contributed by atoms with van der Waals surface area (Å²) >= 11 is 0. The number of nitrogens with zero attached hydrogens (tertiary/aromatic N) is 4. The Hall–Kier alpha value is -3.36. The SMILES string of the molecule is O=C(Cn1nnc(C(=O)CNC2Cc3cccc(C(=O)O)c3OB2O)n1)NC1CCNC1. The minimum absolute atomic E-state index is 0.0369.